The summed E-state index contributed by atoms with van der Waals surface area (Å²) in [7, 11) is 0. The first kappa shape index (κ1) is 25.3. The summed E-state index contributed by atoms with van der Waals surface area (Å²) in [6.45, 7) is 2.56. The second kappa shape index (κ2) is 11.3. The highest BCUT2D eigenvalue weighted by Gasteiger charge is 2.27. The summed E-state index contributed by atoms with van der Waals surface area (Å²) in [4.78, 5) is 25.9. The van der Waals surface area contributed by atoms with Crippen molar-refractivity contribution in [2.75, 3.05) is 11.9 Å². The second-order valence-corrected chi connectivity index (χ2v) is 9.70. The first-order valence-electron chi connectivity index (χ1n) is 13.2. The summed E-state index contributed by atoms with van der Waals surface area (Å²) in [5.41, 5.74) is 5.20. The zero-order chi connectivity index (χ0) is 26.5. The van der Waals surface area contributed by atoms with Gasteiger partial charge in [0, 0.05) is 29.3 Å². The number of nitrogens with one attached hydrogen (secondary N) is 2. The number of aromatic nitrogens is 2. The van der Waals surface area contributed by atoms with Crippen LogP contribution in [0.1, 0.15) is 59.3 Å². The summed E-state index contributed by atoms with van der Waals surface area (Å²) in [6.07, 6.45) is 4.75. The highest BCUT2D eigenvalue weighted by molar-refractivity contribution is 6.04. The topological polar surface area (TPSA) is 96.2 Å². The Morgan fingerprint density at radius 3 is 2.42 bits per heavy atom. The van der Waals surface area contributed by atoms with Gasteiger partial charge in [-0.2, -0.15) is 9.78 Å². The van der Waals surface area contributed by atoms with Crippen molar-refractivity contribution in [2.24, 2.45) is 0 Å². The van der Waals surface area contributed by atoms with Crippen LogP contribution in [0.4, 0.5) is 10.5 Å². The summed E-state index contributed by atoms with van der Waals surface area (Å²) in [6, 6.07) is 24.0. The first-order chi connectivity index (χ1) is 18.5. The van der Waals surface area contributed by atoms with Crippen LogP contribution in [0.3, 0.4) is 0 Å². The molecule has 1 fully saturated rings. The molecular weight excluding hydrogens is 476 g/mol. The molecule has 0 bridgehead atoms. The van der Waals surface area contributed by atoms with E-state index in [0.717, 1.165) is 48.9 Å². The van der Waals surface area contributed by atoms with Gasteiger partial charge >= 0.3 is 6.03 Å². The fraction of sp³-hybridized carbons (Fsp3) is 0.258. The van der Waals surface area contributed by atoms with Crippen molar-refractivity contribution in [1.82, 2.24) is 15.1 Å². The number of carbonyl (C=O) groups excluding carboxylic acids is 2. The minimum atomic E-state index is -0.284. The maximum absolute atomic E-state index is 13.1. The maximum Gasteiger partial charge on any atom is 0.342 e. The third-order valence-corrected chi connectivity index (χ3v) is 7.14. The zero-order valence-electron chi connectivity index (χ0n) is 21.5. The quantitative estimate of drug-likeness (QED) is 0.249. The van der Waals surface area contributed by atoms with E-state index in [4.69, 9.17) is 0 Å². The monoisotopic (exact) mass is 508 g/mol. The fourth-order valence-corrected chi connectivity index (χ4v) is 4.63. The van der Waals surface area contributed by atoms with Crippen LogP contribution >= 0.6 is 0 Å². The predicted octanol–water partition coefficient (Wildman–Crippen LogP) is 6.14. The Kier molecular flexibility index (Phi) is 7.54. The van der Waals surface area contributed by atoms with Gasteiger partial charge in [0.15, 0.2) is 0 Å². The molecule has 4 aromatic rings. The molecule has 5 rings (SSSR count). The molecule has 0 atom stereocenters. The van der Waals surface area contributed by atoms with Gasteiger partial charge in [-0.05, 0) is 73.2 Å². The SMILES string of the molecule is CCc1ccc(C(=O)Nc2ccc(O)c(-c3cc(C4CCC4)n(C(=O)NCCc4ccccc4)n3)c2)cc1. The van der Waals surface area contributed by atoms with Gasteiger partial charge in [0.25, 0.3) is 5.91 Å². The van der Waals surface area contributed by atoms with Gasteiger partial charge in [-0.25, -0.2) is 4.79 Å². The van der Waals surface area contributed by atoms with Crippen LogP contribution in [0.15, 0.2) is 78.9 Å². The zero-order valence-corrected chi connectivity index (χ0v) is 21.5. The average Bonchev–Trinajstić information content (AvgIpc) is 3.34. The van der Waals surface area contributed by atoms with Crippen molar-refractivity contribution in [2.45, 2.75) is 44.9 Å². The molecule has 1 heterocycles. The molecule has 3 N–H and O–H groups in total. The Labute approximate surface area is 222 Å². The summed E-state index contributed by atoms with van der Waals surface area (Å²) in [5, 5.41) is 21.1. The number of benzene rings is 3. The molecule has 0 spiro atoms. The molecule has 1 aliphatic carbocycles. The number of carbonyl (C=O) groups is 2. The van der Waals surface area contributed by atoms with Crippen LogP contribution in [0.5, 0.6) is 5.75 Å². The molecular formula is C31H32N4O3. The number of hydrogen-bond donors (Lipinski definition) is 3. The third-order valence-electron chi connectivity index (χ3n) is 7.14. The smallest absolute Gasteiger partial charge is 0.342 e. The number of amides is 2. The van der Waals surface area contributed by atoms with Crippen molar-refractivity contribution in [3.8, 4) is 17.0 Å². The van der Waals surface area contributed by atoms with Gasteiger partial charge in [-0.1, -0.05) is 55.8 Å². The largest absolute Gasteiger partial charge is 0.507 e. The van der Waals surface area contributed by atoms with Gasteiger partial charge in [-0.3, -0.25) is 4.79 Å². The van der Waals surface area contributed by atoms with E-state index in [-0.39, 0.29) is 23.6 Å². The number of hydrogen-bond acceptors (Lipinski definition) is 4. The Morgan fingerprint density at radius 1 is 0.974 bits per heavy atom. The number of phenolic OH excluding ortho intramolecular Hbond substituents is 1. The van der Waals surface area contributed by atoms with Crippen LogP contribution < -0.4 is 10.6 Å². The van der Waals surface area contributed by atoms with E-state index in [2.05, 4.69) is 22.7 Å². The van der Waals surface area contributed by atoms with Crippen molar-refractivity contribution < 1.29 is 14.7 Å². The minimum Gasteiger partial charge on any atom is -0.507 e. The number of phenols is 1. The minimum absolute atomic E-state index is 0.0320. The van der Waals surface area contributed by atoms with Crippen LogP contribution in [0.25, 0.3) is 11.3 Å². The molecule has 38 heavy (non-hydrogen) atoms. The van der Waals surface area contributed by atoms with Crippen LogP contribution in [-0.4, -0.2) is 33.4 Å². The molecule has 0 radical (unpaired) electrons. The molecule has 1 aromatic heterocycles. The molecule has 1 aliphatic rings. The van der Waals surface area contributed by atoms with Crippen LogP contribution in [0.2, 0.25) is 0 Å². The van der Waals surface area contributed by atoms with E-state index in [0.29, 0.717) is 29.1 Å². The molecule has 194 valence electrons. The van der Waals surface area contributed by atoms with Crippen LogP contribution in [-0.2, 0) is 12.8 Å². The molecule has 0 saturated heterocycles. The number of anilines is 1. The van der Waals surface area contributed by atoms with E-state index >= 15 is 0 Å². The second-order valence-electron chi connectivity index (χ2n) is 9.70. The lowest BCUT2D eigenvalue weighted by molar-refractivity contribution is 0.102. The molecule has 2 amide bonds. The average molecular weight is 509 g/mol. The van der Waals surface area contributed by atoms with Gasteiger partial charge in [0.05, 0.1) is 11.4 Å². The van der Waals surface area contributed by atoms with E-state index in [9.17, 15) is 14.7 Å². The normalized spacial score (nSPS) is 13.1. The maximum atomic E-state index is 13.1. The fourth-order valence-electron chi connectivity index (χ4n) is 4.63. The van der Waals surface area contributed by atoms with Gasteiger partial charge < -0.3 is 15.7 Å². The molecule has 7 nitrogen and oxygen atoms in total. The Morgan fingerprint density at radius 2 is 1.74 bits per heavy atom. The van der Waals surface area contributed by atoms with E-state index in [1.807, 2.05) is 48.5 Å². The van der Waals surface area contributed by atoms with Crippen LogP contribution in [0, 0.1) is 0 Å². The molecule has 7 heteroatoms. The number of aromatic hydroxyl groups is 1. The van der Waals surface area contributed by atoms with Crippen molar-refractivity contribution in [3.63, 3.8) is 0 Å². The van der Waals surface area contributed by atoms with Crippen molar-refractivity contribution >= 4 is 17.6 Å². The van der Waals surface area contributed by atoms with Gasteiger partial charge in [0.2, 0.25) is 0 Å². The molecule has 0 unspecified atom stereocenters. The molecule has 3 aromatic carbocycles. The number of aryl methyl sites for hydroxylation is 1. The third kappa shape index (κ3) is 5.62. The van der Waals surface area contributed by atoms with Gasteiger partial charge in [-0.15, -0.1) is 0 Å². The lowest BCUT2D eigenvalue weighted by Crippen LogP contribution is -2.33. The van der Waals surface area contributed by atoms with E-state index in [1.165, 1.54) is 10.7 Å². The van der Waals surface area contributed by atoms with E-state index in [1.54, 1.807) is 24.3 Å². The first-order valence-corrected chi connectivity index (χ1v) is 13.2. The van der Waals surface area contributed by atoms with Crippen molar-refractivity contribution in [3.05, 3.63) is 101 Å². The Bertz CT molecular complexity index is 1420. The summed E-state index contributed by atoms with van der Waals surface area (Å²) in [5.74, 6) is 0.0552. The standard InChI is InChI=1S/C31H32N4O3/c1-2-21-11-13-24(14-12-21)30(37)33-25-15-16-29(36)26(19-25)27-20-28(23-9-6-10-23)35(34-27)31(38)32-18-17-22-7-4-3-5-8-22/h3-5,7-8,11-16,19-20,23,36H,2,6,9-10,17-18H2,1H3,(H,32,38)(H,33,37). The Hall–Kier alpha value is -4.39. The molecule has 1 saturated carbocycles. The number of rotatable bonds is 8. The summed E-state index contributed by atoms with van der Waals surface area (Å²) < 4.78 is 1.43. The molecule has 0 aliphatic heterocycles. The predicted molar refractivity (Wildman–Crippen MR) is 149 cm³/mol. The Balaban J connectivity index is 1.35. The lowest BCUT2D eigenvalue weighted by atomic mass is 9.82. The van der Waals surface area contributed by atoms with Gasteiger partial charge in [0.1, 0.15) is 5.75 Å². The lowest BCUT2D eigenvalue weighted by Gasteiger charge is -2.25. The highest BCUT2D eigenvalue weighted by atomic mass is 16.3. The summed E-state index contributed by atoms with van der Waals surface area (Å²) >= 11 is 0. The number of nitrogens with zero attached hydrogens (tertiary/aromatic N) is 2. The van der Waals surface area contributed by atoms with E-state index < -0.39 is 0 Å². The highest BCUT2D eigenvalue weighted by Crippen LogP contribution is 2.39. The van der Waals surface area contributed by atoms with Crippen molar-refractivity contribution in [1.29, 1.82) is 0 Å².